The topological polar surface area (TPSA) is 65.1 Å². The van der Waals surface area contributed by atoms with Gasteiger partial charge in [-0.2, -0.15) is 0 Å². The van der Waals surface area contributed by atoms with Gasteiger partial charge in [0.1, 0.15) is 18.0 Å². The molecule has 0 radical (unpaired) electrons. The zero-order valence-corrected chi connectivity index (χ0v) is 12.1. The molecule has 0 aliphatic rings. The van der Waals surface area contributed by atoms with Gasteiger partial charge in [-0.25, -0.2) is 0 Å². The number of likely N-dealkylation sites (N-methyl/N-ethyl adjacent to an activating group) is 1. The molecule has 0 N–H and O–H groups in total. The lowest BCUT2D eigenvalue weighted by atomic mass is 10.1. The molecule has 0 bridgehead atoms. The predicted octanol–water partition coefficient (Wildman–Crippen LogP) is 1.34. The maximum atomic E-state index is 12.4. The summed E-state index contributed by atoms with van der Waals surface area (Å²) in [7, 11) is 4.30. The zero-order chi connectivity index (χ0) is 15.1. The van der Waals surface area contributed by atoms with Crippen molar-refractivity contribution >= 4 is 11.9 Å². The molecule has 0 heterocycles. The van der Waals surface area contributed by atoms with Crippen LogP contribution >= 0.6 is 0 Å². The minimum Gasteiger partial charge on any atom is -0.497 e. The maximum Gasteiger partial charge on any atom is 0.325 e. The number of nitrogens with zero attached hydrogens (tertiary/aromatic N) is 1. The van der Waals surface area contributed by atoms with Gasteiger partial charge in [0.15, 0.2) is 0 Å². The van der Waals surface area contributed by atoms with E-state index in [0.29, 0.717) is 23.6 Å². The summed E-state index contributed by atoms with van der Waals surface area (Å²) in [5.74, 6) is 0.286. The third kappa shape index (κ3) is 3.88. The van der Waals surface area contributed by atoms with Crippen molar-refractivity contribution in [1.82, 2.24) is 4.90 Å². The normalized spacial score (nSPS) is 9.80. The van der Waals surface area contributed by atoms with Crippen molar-refractivity contribution in [2.75, 3.05) is 34.4 Å². The van der Waals surface area contributed by atoms with Crippen molar-refractivity contribution in [3.05, 3.63) is 23.8 Å². The smallest absolute Gasteiger partial charge is 0.325 e. The minimum atomic E-state index is -0.463. The van der Waals surface area contributed by atoms with Crippen molar-refractivity contribution in [2.24, 2.45) is 0 Å². The second-order valence-electron chi connectivity index (χ2n) is 4.00. The number of hydrogen-bond acceptors (Lipinski definition) is 5. The third-order valence-corrected chi connectivity index (χ3v) is 2.81. The number of methoxy groups -OCH3 is 3. The van der Waals surface area contributed by atoms with Gasteiger partial charge in [-0.05, 0) is 19.1 Å². The van der Waals surface area contributed by atoms with E-state index in [4.69, 9.17) is 9.47 Å². The molecular weight excluding hydrogens is 262 g/mol. The van der Waals surface area contributed by atoms with Crippen LogP contribution in [0.15, 0.2) is 18.2 Å². The van der Waals surface area contributed by atoms with Gasteiger partial charge in [-0.3, -0.25) is 9.59 Å². The predicted molar refractivity (Wildman–Crippen MR) is 73.1 cm³/mol. The third-order valence-electron chi connectivity index (χ3n) is 2.81. The van der Waals surface area contributed by atoms with E-state index in [1.165, 1.54) is 26.2 Å². The Morgan fingerprint density at radius 1 is 1.05 bits per heavy atom. The van der Waals surface area contributed by atoms with Crippen LogP contribution in [0.4, 0.5) is 0 Å². The number of hydrogen-bond donors (Lipinski definition) is 0. The molecule has 0 spiro atoms. The molecule has 110 valence electrons. The molecule has 1 rings (SSSR count). The van der Waals surface area contributed by atoms with E-state index >= 15 is 0 Å². The number of rotatable bonds is 6. The molecule has 0 aliphatic heterocycles. The van der Waals surface area contributed by atoms with E-state index in [2.05, 4.69) is 4.74 Å². The highest BCUT2D eigenvalue weighted by atomic mass is 16.5. The molecular formula is C14H19NO5. The summed E-state index contributed by atoms with van der Waals surface area (Å²) < 4.78 is 14.8. The van der Waals surface area contributed by atoms with Crippen LogP contribution in [-0.4, -0.2) is 51.2 Å². The summed E-state index contributed by atoms with van der Waals surface area (Å²) in [5, 5.41) is 0. The highest BCUT2D eigenvalue weighted by Crippen LogP contribution is 2.23. The fraction of sp³-hybridized carbons (Fsp3) is 0.429. The van der Waals surface area contributed by atoms with Crippen LogP contribution in [0.1, 0.15) is 17.3 Å². The molecule has 0 aliphatic carbocycles. The molecule has 6 heteroatoms. The van der Waals surface area contributed by atoms with Crippen LogP contribution in [0.3, 0.4) is 0 Å². The lowest BCUT2D eigenvalue weighted by Gasteiger charge is -2.20. The Morgan fingerprint density at radius 3 is 2.00 bits per heavy atom. The maximum absolute atomic E-state index is 12.4. The first kappa shape index (κ1) is 15.8. The molecule has 0 saturated heterocycles. The van der Waals surface area contributed by atoms with Gasteiger partial charge >= 0.3 is 5.97 Å². The van der Waals surface area contributed by atoms with Gasteiger partial charge in [0, 0.05) is 18.2 Å². The number of amides is 1. The van der Waals surface area contributed by atoms with Crippen LogP contribution in [0.5, 0.6) is 11.5 Å². The quantitative estimate of drug-likeness (QED) is 0.736. The summed E-state index contributed by atoms with van der Waals surface area (Å²) in [5.41, 5.74) is 0.395. The Bertz CT molecular complexity index is 464. The Labute approximate surface area is 118 Å². The molecule has 0 saturated carbocycles. The fourth-order valence-electron chi connectivity index (χ4n) is 1.66. The van der Waals surface area contributed by atoms with Crippen molar-refractivity contribution < 1.29 is 23.8 Å². The summed E-state index contributed by atoms with van der Waals surface area (Å²) >= 11 is 0. The molecule has 0 fully saturated rings. The molecule has 0 unspecified atom stereocenters. The highest BCUT2D eigenvalue weighted by molar-refractivity contribution is 5.96. The SMILES string of the molecule is CCN(CC(=O)OC)C(=O)c1cc(OC)cc(OC)c1. The van der Waals surface area contributed by atoms with Gasteiger partial charge in [-0.1, -0.05) is 0 Å². The first-order valence-corrected chi connectivity index (χ1v) is 6.14. The fourth-order valence-corrected chi connectivity index (χ4v) is 1.66. The molecule has 6 nitrogen and oxygen atoms in total. The van der Waals surface area contributed by atoms with Gasteiger partial charge in [-0.15, -0.1) is 0 Å². The average molecular weight is 281 g/mol. The largest absolute Gasteiger partial charge is 0.497 e. The van der Waals surface area contributed by atoms with Crippen LogP contribution in [0.2, 0.25) is 0 Å². The second-order valence-corrected chi connectivity index (χ2v) is 4.00. The van der Waals surface area contributed by atoms with Crippen molar-refractivity contribution in [3.8, 4) is 11.5 Å². The monoisotopic (exact) mass is 281 g/mol. The first-order chi connectivity index (χ1) is 9.55. The minimum absolute atomic E-state index is 0.0919. The van der Waals surface area contributed by atoms with Gasteiger partial charge in [0.05, 0.1) is 21.3 Å². The number of esters is 1. The number of ether oxygens (including phenoxy) is 3. The zero-order valence-electron chi connectivity index (χ0n) is 12.1. The van der Waals surface area contributed by atoms with Crippen LogP contribution < -0.4 is 9.47 Å². The van der Waals surface area contributed by atoms with E-state index in [-0.39, 0.29) is 12.5 Å². The van der Waals surface area contributed by atoms with Gasteiger partial charge in [0.2, 0.25) is 0 Å². The van der Waals surface area contributed by atoms with Crippen molar-refractivity contribution in [2.45, 2.75) is 6.92 Å². The molecule has 20 heavy (non-hydrogen) atoms. The molecule has 1 aromatic carbocycles. The van der Waals surface area contributed by atoms with Crippen LogP contribution in [-0.2, 0) is 9.53 Å². The number of benzene rings is 1. The first-order valence-electron chi connectivity index (χ1n) is 6.14. The Hall–Kier alpha value is -2.24. The van der Waals surface area contributed by atoms with E-state index in [1.54, 1.807) is 25.1 Å². The lowest BCUT2D eigenvalue weighted by molar-refractivity contribution is -0.141. The van der Waals surface area contributed by atoms with Gasteiger partial charge < -0.3 is 19.1 Å². The summed E-state index contributed by atoms with van der Waals surface area (Å²) in [6.45, 7) is 2.09. The van der Waals surface area contributed by atoms with Crippen molar-refractivity contribution in [3.63, 3.8) is 0 Å². The lowest BCUT2D eigenvalue weighted by Crippen LogP contribution is -2.36. The van der Waals surface area contributed by atoms with E-state index in [1.807, 2.05) is 0 Å². The van der Waals surface area contributed by atoms with Crippen LogP contribution in [0.25, 0.3) is 0 Å². The molecule has 0 aromatic heterocycles. The van der Waals surface area contributed by atoms with E-state index < -0.39 is 5.97 Å². The summed E-state index contributed by atoms with van der Waals surface area (Å²) in [6, 6.07) is 4.88. The standard InChI is InChI=1S/C14H19NO5/c1-5-15(9-13(16)20-4)14(17)10-6-11(18-2)8-12(7-10)19-3/h6-8H,5,9H2,1-4H3. The Morgan fingerprint density at radius 2 is 1.60 bits per heavy atom. The van der Waals surface area contributed by atoms with E-state index in [9.17, 15) is 9.59 Å². The van der Waals surface area contributed by atoms with Gasteiger partial charge in [0.25, 0.3) is 5.91 Å². The highest BCUT2D eigenvalue weighted by Gasteiger charge is 2.19. The Balaban J connectivity index is 3.02. The number of carbonyl (C=O) groups is 2. The van der Waals surface area contributed by atoms with E-state index in [0.717, 1.165) is 0 Å². The molecule has 1 amide bonds. The average Bonchev–Trinajstić information content (AvgIpc) is 2.50. The summed E-state index contributed by atoms with van der Waals surface area (Å²) in [6.07, 6.45) is 0. The Kier molecular flexibility index (Phi) is 5.83. The van der Waals surface area contributed by atoms with Crippen molar-refractivity contribution in [1.29, 1.82) is 0 Å². The molecule has 0 atom stereocenters. The summed E-state index contributed by atoms with van der Waals surface area (Å²) in [4.78, 5) is 25.1. The second kappa shape index (κ2) is 7.37. The molecule has 1 aromatic rings. The van der Waals surface area contributed by atoms with Crippen LogP contribution in [0, 0.1) is 0 Å². The number of carbonyl (C=O) groups excluding carboxylic acids is 2.